The molecule has 144 valence electrons. The monoisotopic (exact) mass is 414 g/mol. The summed E-state index contributed by atoms with van der Waals surface area (Å²) >= 11 is 5.98. The Labute approximate surface area is 169 Å². The second kappa shape index (κ2) is 8.04. The molecule has 2 N–H and O–H groups in total. The van der Waals surface area contributed by atoms with Crippen LogP contribution in [0, 0.1) is 13.8 Å². The summed E-state index contributed by atoms with van der Waals surface area (Å²) in [5, 5.41) is 3.26. The van der Waals surface area contributed by atoms with Crippen LogP contribution < -0.4 is 10.0 Å². The maximum absolute atomic E-state index is 12.7. The van der Waals surface area contributed by atoms with Gasteiger partial charge >= 0.3 is 0 Å². The van der Waals surface area contributed by atoms with E-state index in [-0.39, 0.29) is 10.5 Å². The molecular formula is C21H19ClN2O3S. The third kappa shape index (κ3) is 4.71. The maximum atomic E-state index is 12.7. The number of rotatable bonds is 5. The molecular weight excluding hydrogens is 396 g/mol. The number of hydrogen-bond acceptors (Lipinski definition) is 3. The normalized spacial score (nSPS) is 11.1. The lowest BCUT2D eigenvalue weighted by Crippen LogP contribution is -2.16. The summed E-state index contributed by atoms with van der Waals surface area (Å²) in [5.74, 6) is -0.419. The standard InChI is InChI=1S/C21H19ClN2O3S/c1-14-6-10-18(11-7-14)24-28(26,27)19-5-3-4-16(12-19)21(25)23-20-13-17(22)9-8-15(20)2/h3-13,24H,1-2H3,(H,23,25). The molecule has 0 fully saturated rings. The van der Waals surface area contributed by atoms with Gasteiger partial charge in [0.2, 0.25) is 0 Å². The highest BCUT2D eigenvalue weighted by Gasteiger charge is 2.17. The summed E-state index contributed by atoms with van der Waals surface area (Å²) in [6.07, 6.45) is 0. The number of sulfonamides is 1. The van der Waals surface area contributed by atoms with Gasteiger partial charge in [0.1, 0.15) is 0 Å². The van der Waals surface area contributed by atoms with Crippen molar-refractivity contribution in [2.45, 2.75) is 18.7 Å². The van der Waals surface area contributed by atoms with E-state index in [1.165, 1.54) is 18.2 Å². The second-order valence-corrected chi connectivity index (χ2v) is 8.53. The number of hydrogen-bond donors (Lipinski definition) is 2. The lowest BCUT2D eigenvalue weighted by Gasteiger charge is -2.11. The minimum Gasteiger partial charge on any atom is -0.322 e. The largest absolute Gasteiger partial charge is 0.322 e. The SMILES string of the molecule is Cc1ccc(NS(=O)(=O)c2cccc(C(=O)Nc3cc(Cl)ccc3C)c2)cc1. The molecule has 0 atom stereocenters. The predicted octanol–water partition coefficient (Wildman–Crippen LogP) is 5.01. The van der Waals surface area contributed by atoms with Crippen LogP contribution in [-0.2, 0) is 10.0 Å². The number of benzene rings is 3. The van der Waals surface area contributed by atoms with Gasteiger partial charge in [-0.2, -0.15) is 0 Å². The van der Waals surface area contributed by atoms with Gasteiger partial charge in [0.05, 0.1) is 4.90 Å². The average Bonchev–Trinajstić information content (AvgIpc) is 2.66. The molecule has 3 rings (SSSR count). The second-order valence-electron chi connectivity index (χ2n) is 6.41. The van der Waals surface area contributed by atoms with E-state index < -0.39 is 15.9 Å². The summed E-state index contributed by atoms with van der Waals surface area (Å²) in [6, 6.07) is 18.0. The first-order valence-corrected chi connectivity index (χ1v) is 10.4. The Hall–Kier alpha value is -2.83. The Bertz CT molecular complexity index is 1130. The van der Waals surface area contributed by atoms with Gasteiger partial charge in [0.15, 0.2) is 0 Å². The van der Waals surface area contributed by atoms with Gasteiger partial charge in [-0.05, 0) is 61.9 Å². The van der Waals surface area contributed by atoms with Gasteiger partial charge in [0.25, 0.3) is 15.9 Å². The van der Waals surface area contributed by atoms with Crippen LogP contribution in [0.4, 0.5) is 11.4 Å². The minimum absolute atomic E-state index is 0.00328. The maximum Gasteiger partial charge on any atom is 0.261 e. The number of aryl methyl sites for hydroxylation is 2. The Morgan fingerprint density at radius 1 is 0.929 bits per heavy atom. The van der Waals surface area contributed by atoms with Crippen LogP contribution in [0.25, 0.3) is 0 Å². The number of nitrogens with one attached hydrogen (secondary N) is 2. The molecule has 0 aromatic heterocycles. The quantitative estimate of drug-likeness (QED) is 0.616. The third-order valence-corrected chi connectivity index (χ3v) is 5.77. The molecule has 0 heterocycles. The minimum atomic E-state index is -3.82. The average molecular weight is 415 g/mol. The zero-order valence-electron chi connectivity index (χ0n) is 15.4. The van der Waals surface area contributed by atoms with Gasteiger partial charge in [-0.15, -0.1) is 0 Å². The van der Waals surface area contributed by atoms with E-state index >= 15 is 0 Å². The lowest BCUT2D eigenvalue weighted by atomic mass is 10.1. The first kappa shape index (κ1) is 19.9. The van der Waals surface area contributed by atoms with Crippen LogP contribution in [0.15, 0.2) is 71.6 Å². The molecule has 0 radical (unpaired) electrons. The van der Waals surface area contributed by atoms with Crippen LogP contribution in [-0.4, -0.2) is 14.3 Å². The van der Waals surface area contributed by atoms with Crippen molar-refractivity contribution < 1.29 is 13.2 Å². The van der Waals surface area contributed by atoms with Crippen molar-refractivity contribution in [3.63, 3.8) is 0 Å². The summed E-state index contributed by atoms with van der Waals surface area (Å²) < 4.78 is 27.8. The Kier molecular flexibility index (Phi) is 5.72. The van der Waals surface area contributed by atoms with Crippen molar-refractivity contribution in [2.24, 2.45) is 0 Å². The van der Waals surface area contributed by atoms with Gasteiger partial charge in [-0.3, -0.25) is 9.52 Å². The van der Waals surface area contributed by atoms with Gasteiger partial charge in [-0.1, -0.05) is 41.4 Å². The fourth-order valence-electron chi connectivity index (χ4n) is 2.56. The number of carbonyl (C=O) groups excluding carboxylic acids is 1. The van der Waals surface area contributed by atoms with E-state index in [0.29, 0.717) is 16.4 Å². The van der Waals surface area contributed by atoms with Crippen molar-refractivity contribution in [2.75, 3.05) is 10.0 Å². The Balaban J connectivity index is 1.83. The molecule has 5 nitrogen and oxygen atoms in total. The van der Waals surface area contributed by atoms with Crippen molar-refractivity contribution in [3.8, 4) is 0 Å². The number of anilines is 2. The number of carbonyl (C=O) groups is 1. The Morgan fingerprint density at radius 3 is 2.36 bits per heavy atom. The summed E-state index contributed by atoms with van der Waals surface area (Å²) in [5.41, 5.74) is 3.13. The molecule has 0 aliphatic rings. The van der Waals surface area contributed by atoms with Crippen LogP contribution in [0.3, 0.4) is 0 Å². The van der Waals surface area contributed by atoms with Gasteiger partial charge < -0.3 is 5.32 Å². The molecule has 7 heteroatoms. The van der Waals surface area contributed by atoms with Crippen molar-refractivity contribution in [1.82, 2.24) is 0 Å². The van der Waals surface area contributed by atoms with E-state index in [4.69, 9.17) is 11.6 Å². The molecule has 0 aliphatic heterocycles. The van der Waals surface area contributed by atoms with Crippen molar-refractivity contribution >= 4 is 38.9 Å². The molecule has 1 amide bonds. The van der Waals surface area contributed by atoms with Crippen LogP contribution in [0.2, 0.25) is 5.02 Å². The highest BCUT2D eigenvalue weighted by Crippen LogP contribution is 2.22. The van der Waals surface area contributed by atoms with Crippen molar-refractivity contribution in [3.05, 3.63) is 88.4 Å². The summed E-state index contributed by atoms with van der Waals surface area (Å²) in [4.78, 5) is 12.6. The van der Waals surface area contributed by atoms with E-state index in [9.17, 15) is 13.2 Å². The molecule has 3 aromatic rings. The molecule has 0 saturated heterocycles. The molecule has 28 heavy (non-hydrogen) atoms. The third-order valence-electron chi connectivity index (χ3n) is 4.16. The van der Waals surface area contributed by atoms with Gasteiger partial charge in [0, 0.05) is 22.0 Å². The van der Waals surface area contributed by atoms with Crippen molar-refractivity contribution in [1.29, 1.82) is 0 Å². The zero-order chi connectivity index (χ0) is 20.3. The van der Waals surface area contributed by atoms with Crippen LogP contribution in [0.1, 0.15) is 21.5 Å². The molecule has 0 unspecified atom stereocenters. The van der Waals surface area contributed by atoms with E-state index in [1.807, 2.05) is 26.0 Å². The summed E-state index contributed by atoms with van der Waals surface area (Å²) in [7, 11) is -3.82. The van der Waals surface area contributed by atoms with E-state index in [1.54, 1.807) is 36.4 Å². The highest BCUT2D eigenvalue weighted by molar-refractivity contribution is 7.92. The zero-order valence-corrected chi connectivity index (χ0v) is 16.9. The van der Waals surface area contributed by atoms with Gasteiger partial charge in [-0.25, -0.2) is 8.42 Å². The number of amides is 1. The highest BCUT2D eigenvalue weighted by atomic mass is 35.5. The fraction of sp³-hybridized carbons (Fsp3) is 0.0952. The Morgan fingerprint density at radius 2 is 1.64 bits per heavy atom. The lowest BCUT2D eigenvalue weighted by molar-refractivity contribution is 0.102. The predicted molar refractivity (Wildman–Crippen MR) is 113 cm³/mol. The topological polar surface area (TPSA) is 75.3 Å². The fourth-order valence-corrected chi connectivity index (χ4v) is 3.84. The molecule has 0 bridgehead atoms. The van der Waals surface area contributed by atoms with Crippen LogP contribution in [0.5, 0.6) is 0 Å². The molecule has 3 aromatic carbocycles. The van der Waals surface area contributed by atoms with E-state index in [2.05, 4.69) is 10.0 Å². The summed E-state index contributed by atoms with van der Waals surface area (Å²) in [6.45, 7) is 3.76. The first-order valence-electron chi connectivity index (χ1n) is 8.52. The van der Waals surface area contributed by atoms with Crippen LogP contribution >= 0.6 is 11.6 Å². The first-order chi connectivity index (χ1) is 13.2. The smallest absolute Gasteiger partial charge is 0.261 e. The number of halogens is 1. The molecule has 0 saturated carbocycles. The molecule has 0 aliphatic carbocycles. The van der Waals surface area contributed by atoms with E-state index in [0.717, 1.165) is 11.1 Å². The molecule has 0 spiro atoms.